The van der Waals surface area contributed by atoms with Gasteiger partial charge in [0.05, 0.1) is 6.26 Å². The Morgan fingerprint density at radius 3 is 2.50 bits per heavy atom. The first-order valence-corrected chi connectivity index (χ1v) is 3.93. The molecule has 1 N–H and O–H groups in total. The van der Waals surface area contributed by atoms with Gasteiger partial charge in [0.25, 0.3) is 0 Å². The number of hydrogen-bond acceptors (Lipinski definition) is 3. The molecule has 3 heteroatoms. The van der Waals surface area contributed by atoms with Crippen LogP contribution < -0.4 is 0 Å². The number of hydrogen-bond donors (Lipinski definition) is 1. The predicted octanol–water partition coefficient (Wildman–Crippen LogP) is 1.87. The van der Waals surface area contributed by atoms with E-state index in [-0.39, 0.29) is 12.4 Å². The van der Waals surface area contributed by atoms with Crippen molar-refractivity contribution in [3.8, 4) is 0 Å². The van der Waals surface area contributed by atoms with Gasteiger partial charge < -0.3 is 9.52 Å². The third-order valence-electron chi connectivity index (χ3n) is 1.12. The van der Waals surface area contributed by atoms with E-state index in [2.05, 4.69) is 0 Å². The summed E-state index contributed by atoms with van der Waals surface area (Å²) < 4.78 is 4.84. The van der Waals surface area contributed by atoms with Crippen molar-refractivity contribution in [1.29, 1.82) is 0 Å². The molecule has 0 atom stereocenters. The van der Waals surface area contributed by atoms with Crippen molar-refractivity contribution in [3.05, 3.63) is 24.2 Å². The maximum absolute atomic E-state index is 10.8. The van der Waals surface area contributed by atoms with Crippen molar-refractivity contribution in [2.24, 2.45) is 0 Å². The lowest BCUT2D eigenvalue weighted by Gasteiger charge is -1.86. The molecule has 1 aromatic heterocycles. The van der Waals surface area contributed by atoms with E-state index in [1.165, 1.54) is 6.26 Å². The summed E-state index contributed by atoms with van der Waals surface area (Å²) in [4.78, 5) is 10.8. The number of furan rings is 1. The Morgan fingerprint density at radius 2 is 2.17 bits per heavy atom. The molecule has 0 aromatic carbocycles. The average Bonchev–Trinajstić information content (AvgIpc) is 2.56. The quantitative estimate of drug-likeness (QED) is 0.689. The van der Waals surface area contributed by atoms with Gasteiger partial charge in [-0.25, -0.2) is 0 Å². The van der Waals surface area contributed by atoms with E-state index >= 15 is 0 Å². The van der Waals surface area contributed by atoms with E-state index in [1.807, 2.05) is 6.92 Å². The Labute approximate surface area is 72.0 Å². The zero-order valence-corrected chi connectivity index (χ0v) is 7.41. The van der Waals surface area contributed by atoms with Crippen LogP contribution in [0.15, 0.2) is 22.8 Å². The van der Waals surface area contributed by atoms with Gasteiger partial charge in [-0.3, -0.25) is 4.79 Å². The second-order valence-electron chi connectivity index (χ2n) is 2.07. The van der Waals surface area contributed by atoms with Crippen LogP contribution in [-0.4, -0.2) is 17.5 Å². The Kier molecular flexibility index (Phi) is 6.01. The molecule has 0 aliphatic carbocycles. The number of aliphatic hydroxyl groups excluding tert-OH is 1. The minimum absolute atomic E-state index is 0.0556. The van der Waals surface area contributed by atoms with E-state index in [4.69, 9.17) is 9.52 Å². The highest BCUT2D eigenvalue weighted by Gasteiger charge is 2.02. The molecule has 0 amide bonds. The molecule has 0 radical (unpaired) electrons. The van der Waals surface area contributed by atoms with Gasteiger partial charge in [-0.2, -0.15) is 0 Å². The smallest absolute Gasteiger partial charge is 0.197 e. The number of Topliss-reactive ketones (excluding diaryl/α,β-unsaturated/α-hetero) is 1. The monoisotopic (exact) mass is 170 g/mol. The third kappa shape index (κ3) is 3.93. The fraction of sp³-hybridized carbons (Fsp3) is 0.444. The summed E-state index contributed by atoms with van der Waals surface area (Å²) in [5.74, 6) is 0.512. The average molecular weight is 170 g/mol. The minimum atomic E-state index is 0.0556. The highest BCUT2D eigenvalue weighted by molar-refractivity contribution is 5.93. The fourth-order valence-electron chi connectivity index (χ4n) is 0.611. The van der Waals surface area contributed by atoms with Gasteiger partial charge >= 0.3 is 0 Å². The Balaban J connectivity index is 0.000000354. The third-order valence-corrected chi connectivity index (χ3v) is 1.12. The molecule has 0 spiro atoms. The maximum Gasteiger partial charge on any atom is 0.197 e. The molecular formula is C9H14O3. The number of ketones is 1. The van der Waals surface area contributed by atoms with Gasteiger partial charge in [0, 0.05) is 13.0 Å². The van der Waals surface area contributed by atoms with Gasteiger partial charge in [-0.05, 0) is 19.1 Å². The highest BCUT2D eigenvalue weighted by atomic mass is 16.3. The van der Waals surface area contributed by atoms with Crippen molar-refractivity contribution in [3.63, 3.8) is 0 Å². The SMILES string of the molecule is CCC(=O)c1ccco1.CCO. The van der Waals surface area contributed by atoms with Crippen LogP contribution in [0, 0.1) is 0 Å². The van der Waals surface area contributed by atoms with Gasteiger partial charge in [-0.15, -0.1) is 0 Å². The normalized spacial score (nSPS) is 8.58. The molecule has 12 heavy (non-hydrogen) atoms. The van der Waals surface area contributed by atoms with Gasteiger partial charge in [0.2, 0.25) is 0 Å². The van der Waals surface area contributed by atoms with Crippen molar-refractivity contribution in [1.82, 2.24) is 0 Å². The predicted molar refractivity (Wildman–Crippen MR) is 46.1 cm³/mol. The van der Waals surface area contributed by atoms with Crippen LogP contribution in [0.4, 0.5) is 0 Å². The Morgan fingerprint density at radius 1 is 1.58 bits per heavy atom. The molecule has 0 fully saturated rings. The van der Waals surface area contributed by atoms with Gasteiger partial charge in [0.15, 0.2) is 11.5 Å². The minimum Gasteiger partial charge on any atom is -0.461 e. The summed E-state index contributed by atoms with van der Waals surface area (Å²) in [5.41, 5.74) is 0. The molecule has 0 unspecified atom stereocenters. The number of carbonyl (C=O) groups is 1. The lowest BCUT2D eigenvalue weighted by Crippen LogP contribution is -1.91. The summed E-state index contributed by atoms with van der Waals surface area (Å²) in [7, 11) is 0. The first-order chi connectivity index (χ1) is 5.76. The number of aliphatic hydroxyl groups is 1. The fourth-order valence-corrected chi connectivity index (χ4v) is 0.611. The molecule has 0 aliphatic rings. The van der Waals surface area contributed by atoms with Crippen LogP contribution in [0.3, 0.4) is 0 Å². The second-order valence-corrected chi connectivity index (χ2v) is 2.07. The standard InChI is InChI=1S/C7H8O2.C2H6O/c1-2-6(8)7-4-3-5-9-7;1-2-3/h3-5H,2H2,1H3;3H,2H2,1H3. The number of carbonyl (C=O) groups excluding carboxylic acids is 1. The first-order valence-electron chi connectivity index (χ1n) is 3.93. The summed E-state index contributed by atoms with van der Waals surface area (Å²) in [6.07, 6.45) is 2.01. The van der Waals surface area contributed by atoms with E-state index in [0.717, 1.165) is 0 Å². The molecule has 0 saturated carbocycles. The lowest BCUT2D eigenvalue weighted by molar-refractivity contribution is 0.0961. The summed E-state index contributed by atoms with van der Waals surface area (Å²) in [6.45, 7) is 3.74. The molecule has 0 bridgehead atoms. The molecule has 1 rings (SSSR count). The lowest BCUT2D eigenvalue weighted by atomic mass is 10.2. The maximum atomic E-state index is 10.8. The van der Waals surface area contributed by atoms with Crippen LogP contribution in [0.1, 0.15) is 30.8 Å². The van der Waals surface area contributed by atoms with E-state index in [9.17, 15) is 4.79 Å². The van der Waals surface area contributed by atoms with Crippen LogP contribution in [0.5, 0.6) is 0 Å². The molecule has 0 saturated heterocycles. The van der Waals surface area contributed by atoms with Crippen molar-refractivity contribution in [2.75, 3.05) is 6.61 Å². The Hall–Kier alpha value is -1.09. The summed E-state index contributed by atoms with van der Waals surface area (Å²) in [6, 6.07) is 3.38. The summed E-state index contributed by atoms with van der Waals surface area (Å²) in [5, 5.41) is 7.57. The Bertz CT molecular complexity index is 202. The van der Waals surface area contributed by atoms with Crippen LogP contribution in [0.2, 0.25) is 0 Å². The largest absolute Gasteiger partial charge is 0.461 e. The number of rotatable bonds is 2. The first kappa shape index (κ1) is 10.9. The topological polar surface area (TPSA) is 50.4 Å². The van der Waals surface area contributed by atoms with Crippen LogP contribution >= 0.6 is 0 Å². The summed E-state index contributed by atoms with van der Waals surface area (Å²) >= 11 is 0. The zero-order valence-electron chi connectivity index (χ0n) is 7.41. The second kappa shape index (κ2) is 6.61. The van der Waals surface area contributed by atoms with Crippen molar-refractivity contribution >= 4 is 5.78 Å². The zero-order chi connectivity index (χ0) is 9.40. The van der Waals surface area contributed by atoms with E-state index in [1.54, 1.807) is 19.1 Å². The van der Waals surface area contributed by atoms with Crippen LogP contribution in [0.25, 0.3) is 0 Å². The molecular weight excluding hydrogens is 156 g/mol. The van der Waals surface area contributed by atoms with Gasteiger partial charge in [0.1, 0.15) is 0 Å². The molecule has 1 aromatic rings. The van der Waals surface area contributed by atoms with Gasteiger partial charge in [-0.1, -0.05) is 6.92 Å². The molecule has 0 aliphatic heterocycles. The van der Waals surface area contributed by atoms with E-state index < -0.39 is 0 Å². The van der Waals surface area contributed by atoms with Crippen LogP contribution in [-0.2, 0) is 0 Å². The van der Waals surface area contributed by atoms with E-state index in [0.29, 0.717) is 12.2 Å². The van der Waals surface area contributed by atoms with Crippen molar-refractivity contribution < 1.29 is 14.3 Å². The molecule has 1 heterocycles. The highest BCUT2D eigenvalue weighted by Crippen LogP contribution is 2.02. The molecule has 68 valence electrons. The molecule has 3 nitrogen and oxygen atoms in total. The van der Waals surface area contributed by atoms with Crippen molar-refractivity contribution in [2.45, 2.75) is 20.3 Å².